The lowest BCUT2D eigenvalue weighted by molar-refractivity contribution is 0.100. The number of benzene rings is 4. The van der Waals surface area contributed by atoms with E-state index in [4.69, 9.17) is 5.73 Å². The number of rotatable bonds is 2. The van der Waals surface area contributed by atoms with Crippen LogP contribution in [0, 0.1) is 0 Å². The number of aromatic hydroxyl groups is 1. The lowest BCUT2D eigenvalue weighted by atomic mass is 10.1. The van der Waals surface area contributed by atoms with Crippen LogP contribution in [0.2, 0.25) is 0 Å². The molecule has 0 saturated heterocycles. The number of primary amides is 1. The van der Waals surface area contributed by atoms with Gasteiger partial charge in [-0.1, -0.05) is 72.8 Å². The van der Waals surface area contributed by atoms with Crippen molar-refractivity contribution in [3.05, 3.63) is 103 Å². The van der Waals surface area contributed by atoms with Gasteiger partial charge in [-0.05, 0) is 46.2 Å². The summed E-state index contributed by atoms with van der Waals surface area (Å²) in [6, 6.07) is 30.6. The normalized spacial score (nSPS) is 10.0. The Labute approximate surface area is 152 Å². The molecule has 26 heavy (non-hydrogen) atoms. The van der Waals surface area contributed by atoms with E-state index in [1.54, 1.807) is 24.3 Å². The molecule has 4 aromatic rings. The van der Waals surface area contributed by atoms with Gasteiger partial charge in [-0.2, -0.15) is 0 Å². The average molecular weight is 341 g/mol. The summed E-state index contributed by atoms with van der Waals surface area (Å²) >= 11 is 0. The maximum atomic E-state index is 10.9. The molecule has 0 bridgehead atoms. The fourth-order valence-corrected chi connectivity index (χ4v) is 2.66. The summed E-state index contributed by atoms with van der Waals surface area (Å²) in [7, 11) is 0. The molecule has 0 unspecified atom stereocenters. The van der Waals surface area contributed by atoms with E-state index in [0.29, 0.717) is 11.3 Å². The van der Waals surface area contributed by atoms with Crippen LogP contribution in [0.15, 0.2) is 97.1 Å². The third-order valence-electron chi connectivity index (χ3n) is 3.99. The van der Waals surface area contributed by atoms with Crippen LogP contribution < -0.4 is 5.73 Å². The molecule has 0 spiro atoms. The summed E-state index contributed by atoms with van der Waals surface area (Å²) in [5.74, 6) is -0.0768. The zero-order valence-electron chi connectivity index (χ0n) is 14.2. The average Bonchev–Trinajstić information content (AvgIpc) is 2.69. The number of carbonyl (C=O) groups excluding carboxylic acids is 1. The number of carbonyl (C=O) groups is 1. The molecule has 0 aliphatic heterocycles. The Bertz CT molecular complexity index is 1030. The van der Waals surface area contributed by atoms with Crippen molar-refractivity contribution in [3.63, 3.8) is 0 Å². The largest absolute Gasteiger partial charge is 0.508 e. The first-order valence-corrected chi connectivity index (χ1v) is 8.26. The van der Waals surface area contributed by atoms with E-state index in [9.17, 15) is 9.90 Å². The highest BCUT2D eigenvalue weighted by Crippen LogP contribution is 2.22. The molecule has 0 saturated carbocycles. The van der Waals surface area contributed by atoms with Gasteiger partial charge in [0.15, 0.2) is 0 Å². The van der Waals surface area contributed by atoms with Crippen molar-refractivity contribution in [1.29, 1.82) is 0 Å². The maximum absolute atomic E-state index is 10.9. The SMILES string of the molecule is NC(=O)c1ccc2ccccc2c1.Oc1cccc(-c2ccccc2)c1. The van der Waals surface area contributed by atoms with Crippen molar-refractivity contribution < 1.29 is 9.90 Å². The number of phenolic OH excluding ortho intramolecular Hbond substituents is 1. The highest BCUT2D eigenvalue weighted by molar-refractivity contribution is 5.97. The van der Waals surface area contributed by atoms with E-state index < -0.39 is 0 Å². The molecular formula is C23H19NO2. The monoisotopic (exact) mass is 341 g/mol. The Hall–Kier alpha value is -3.59. The van der Waals surface area contributed by atoms with Gasteiger partial charge in [0.1, 0.15) is 5.75 Å². The van der Waals surface area contributed by atoms with Gasteiger partial charge in [0.05, 0.1) is 0 Å². The molecular weight excluding hydrogens is 322 g/mol. The zero-order chi connectivity index (χ0) is 18.4. The fraction of sp³-hybridized carbons (Fsp3) is 0. The minimum Gasteiger partial charge on any atom is -0.508 e. The van der Waals surface area contributed by atoms with E-state index in [1.165, 1.54) is 0 Å². The first kappa shape index (κ1) is 17.2. The third kappa shape index (κ3) is 4.28. The van der Waals surface area contributed by atoms with Crippen molar-refractivity contribution in [2.45, 2.75) is 0 Å². The molecule has 1 amide bonds. The maximum Gasteiger partial charge on any atom is 0.248 e. The zero-order valence-corrected chi connectivity index (χ0v) is 14.2. The number of amides is 1. The van der Waals surface area contributed by atoms with Crippen LogP contribution in [0.4, 0.5) is 0 Å². The summed E-state index contributed by atoms with van der Waals surface area (Å²) < 4.78 is 0. The molecule has 3 nitrogen and oxygen atoms in total. The predicted molar refractivity (Wildman–Crippen MR) is 106 cm³/mol. The van der Waals surface area contributed by atoms with E-state index >= 15 is 0 Å². The predicted octanol–water partition coefficient (Wildman–Crippen LogP) is 5.00. The second-order valence-electron chi connectivity index (χ2n) is 5.84. The molecule has 0 fully saturated rings. The van der Waals surface area contributed by atoms with Gasteiger partial charge in [-0.25, -0.2) is 0 Å². The van der Waals surface area contributed by atoms with Gasteiger partial charge in [-0.3, -0.25) is 4.79 Å². The van der Waals surface area contributed by atoms with Crippen molar-refractivity contribution in [1.82, 2.24) is 0 Å². The van der Waals surface area contributed by atoms with E-state index in [-0.39, 0.29) is 5.91 Å². The number of phenols is 1. The molecule has 0 aliphatic rings. The fourth-order valence-electron chi connectivity index (χ4n) is 2.66. The van der Waals surface area contributed by atoms with E-state index in [1.807, 2.05) is 72.8 Å². The van der Waals surface area contributed by atoms with Crippen LogP contribution in [0.25, 0.3) is 21.9 Å². The van der Waals surface area contributed by atoms with Gasteiger partial charge >= 0.3 is 0 Å². The van der Waals surface area contributed by atoms with Crippen molar-refractivity contribution in [2.24, 2.45) is 5.73 Å². The summed E-state index contributed by atoms with van der Waals surface area (Å²) in [6.45, 7) is 0. The van der Waals surface area contributed by atoms with Crippen LogP contribution in [0.3, 0.4) is 0 Å². The van der Waals surface area contributed by atoms with Gasteiger partial charge in [-0.15, -0.1) is 0 Å². The number of fused-ring (bicyclic) bond motifs is 1. The topological polar surface area (TPSA) is 63.3 Å². The van der Waals surface area contributed by atoms with Crippen LogP contribution in [-0.4, -0.2) is 11.0 Å². The van der Waals surface area contributed by atoms with Crippen LogP contribution >= 0.6 is 0 Å². The van der Waals surface area contributed by atoms with Crippen LogP contribution in [-0.2, 0) is 0 Å². The summed E-state index contributed by atoms with van der Waals surface area (Å²) in [5, 5.41) is 11.4. The second kappa shape index (κ2) is 7.99. The van der Waals surface area contributed by atoms with Crippen LogP contribution in [0.5, 0.6) is 5.75 Å². The van der Waals surface area contributed by atoms with Crippen molar-refractivity contribution >= 4 is 16.7 Å². The lowest BCUT2D eigenvalue weighted by Crippen LogP contribution is -2.10. The van der Waals surface area contributed by atoms with Crippen molar-refractivity contribution in [3.8, 4) is 16.9 Å². The molecule has 4 rings (SSSR count). The quantitative estimate of drug-likeness (QED) is 0.539. The number of hydrogen-bond donors (Lipinski definition) is 2. The standard InChI is InChI=1S/C12H10O.C11H9NO/c13-12-8-4-7-11(9-12)10-5-2-1-3-6-10;12-11(13)10-6-5-8-3-1-2-4-9(8)7-10/h1-9,13H;1-7H,(H2,12,13). The van der Waals surface area contributed by atoms with Gasteiger partial charge in [0, 0.05) is 5.56 Å². The molecule has 128 valence electrons. The van der Waals surface area contributed by atoms with Crippen molar-refractivity contribution in [2.75, 3.05) is 0 Å². The highest BCUT2D eigenvalue weighted by atomic mass is 16.3. The lowest BCUT2D eigenvalue weighted by Gasteiger charge is -2.00. The number of nitrogens with two attached hydrogens (primary N) is 1. The van der Waals surface area contributed by atoms with Gasteiger partial charge in [0.25, 0.3) is 0 Å². The van der Waals surface area contributed by atoms with E-state index in [2.05, 4.69) is 0 Å². The Balaban J connectivity index is 0.000000151. The number of hydrogen-bond acceptors (Lipinski definition) is 2. The highest BCUT2D eigenvalue weighted by Gasteiger charge is 2.00. The molecule has 3 heteroatoms. The first-order chi connectivity index (χ1) is 12.6. The molecule has 3 N–H and O–H groups in total. The summed E-state index contributed by atoms with van der Waals surface area (Å²) in [4.78, 5) is 10.9. The summed E-state index contributed by atoms with van der Waals surface area (Å²) in [6.07, 6.45) is 0. The Morgan fingerprint density at radius 1 is 0.654 bits per heavy atom. The molecule has 0 aromatic heterocycles. The van der Waals surface area contributed by atoms with Crippen LogP contribution in [0.1, 0.15) is 10.4 Å². The molecule has 0 aliphatic carbocycles. The minimum atomic E-state index is -0.384. The Kier molecular flexibility index (Phi) is 5.30. The molecule has 0 atom stereocenters. The molecule has 0 heterocycles. The smallest absolute Gasteiger partial charge is 0.248 e. The first-order valence-electron chi connectivity index (χ1n) is 8.26. The Morgan fingerprint density at radius 2 is 1.31 bits per heavy atom. The second-order valence-corrected chi connectivity index (χ2v) is 5.84. The third-order valence-corrected chi connectivity index (χ3v) is 3.99. The minimum absolute atomic E-state index is 0.307. The summed E-state index contributed by atoms with van der Waals surface area (Å²) in [5.41, 5.74) is 7.89. The Morgan fingerprint density at radius 3 is 2.00 bits per heavy atom. The molecule has 0 radical (unpaired) electrons. The van der Waals surface area contributed by atoms with E-state index in [0.717, 1.165) is 21.9 Å². The molecule has 4 aromatic carbocycles. The van der Waals surface area contributed by atoms with Gasteiger partial charge in [0.2, 0.25) is 5.91 Å². The van der Waals surface area contributed by atoms with Gasteiger partial charge < -0.3 is 10.8 Å².